The number of halogens is 1. The van der Waals surface area contributed by atoms with Gasteiger partial charge in [0, 0.05) is 16.9 Å². The van der Waals surface area contributed by atoms with Crippen LogP contribution < -0.4 is 0 Å². The lowest BCUT2D eigenvalue weighted by Gasteiger charge is -2.01. The summed E-state index contributed by atoms with van der Waals surface area (Å²) < 4.78 is 12.9. The van der Waals surface area contributed by atoms with Gasteiger partial charge in [-0.15, -0.1) is 11.8 Å². The molecule has 0 fully saturated rings. The molecule has 0 aliphatic carbocycles. The minimum atomic E-state index is -0.344. The van der Waals surface area contributed by atoms with Gasteiger partial charge in [-0.05, 0) is 24.5 Å². The third kappa shape index (κ3) is 2.56. The fourth-order valence-corrected chi connectivity index (χ4v) is 1.52. The van der Waals surface area contributed by atoms with Crippen molar-refractivity contribution in [2.45, 2.75) is 18.2 Å². The van der Waals surface area contributed by atoms with E-state index in [0.717, 1.165) is 4.90 Å². The Labute approximate surface area is 81.3 Å². The molecule has 0 saturated carbocycles. The Balaban J connectivity index is 3.08. The van der Waals surface area contributed by atoms with Crippen LogP contribution in [0.4, 0.5) is 4.39 Å². The molecule has 0 atom stereocenters. The van der Waals surface area contributed by atoms with Crippen LogP contribution in [0.1, 0.15) is 23.7 Å². The molecule has 0 unspecified atom stereocenters. The van der Waals surface area contributed by atoms with Crippen LogP contribution in [-0.4, -0.2) is 12.0 Å². The summed E-state index contributed by atoms with van der Waals surface area (Å²) in [6, 6.07) is 4.43. The summed E-state index contributed by atoms with van der Waals surface area (Å²) in [7, 11) is 0. The van der Waals surface area contributed by atoms with Crippen LogP contribution in [0.3, 0.4) is 0 Å². The van der Waals surface area contributed by atoms with Crippen molar-refractivity contribution in [3.05, 3.63) is 29.6 Å². The Hall–Kier alpha value is -0.830. The molecule has 0 amide bonds. The van der Waals surface area contributed by atoms with Crippen LogP contribution in [0.15, 0.2) is 23.1 Å². The highest BCUT2D eigenvalue weighted by atomic mass is 32.2. The zero-order valence-electron chi connectivity index (χ0n) is 7.63. The summed E-state index contributed by atoms with van der Waals surface area (Å²) in [4.78, 5) is 12.0. The lowest BCUT2D eigenvalue weighted by atomic mass is 10.1. The summed E-state index contributed by atoms with van der Waals surface area (Å²) in [5, 5.41) is 0. The Kier molecular flexibility index (Phi) is 3.48. The third-order valence-corrected chi connectivity index (χ3v) is 2.46. The second-order valence-electron chi connectivity index (χ2n) is 2.66. The van der Waals surface area contributed by atoms with Crippen LogP contribution in [0.25, 0.3) is 0 Å². The monoisotopic (exact) mass is 198 g/mol. The molecule has 1 aromatic carbocycles. The number of rotatable bonds is 3. The molecule has 1 nitrogen and oxygen atoms in total. The van der Waals surface area contributed by atoms with Crippen LogP contribution in [-0.2, 0) is 0 Å². The van der Waals surface area contributed by atoms with Gasteiger partial charge < -0.3 is 0 Å². The van der Waals surface area contributed by atoms with Gasteiger partial charge in [0.15, 0.2) is 5.78 Å². The number of ketones is 1. The largest absolute Gasteiger partial charge is 0.294 e. The molecular formula is C10H11FOS. The quantitative estimate of drug-likeness (QED) is 0.548. The number of Topliss-reactive ketones (excluding diaryl/α,β-unsaturated/α-hetero) is 1. The third-order valence-electron chi connectivity index (χ3n) is 1.75. The average molecular weight is 198 g/mol. The molecule has 1 rings (SSSR count). The van der Waals surface area contributed by atoms with Gasteiger partial charge >= 0.3 is 0 Å². The average Bonchev–Trinajstić information content (AvgIpc) is 2.15. The molecule has 13 heavy (non-hydrogen) atoms. The van der Waals surface area contributed by atoms with E-state index in [1.807, 2.05) is 6.26 Å². The highest BCUT2D eigenvalue weighted by Gasteiger charge is 2.06. The fraction of sp³-hybridized carbons (Fsp3) is 0.300. The summed E-state index contributed by atoms with van der Waals surface area (Å²) in [6.45, 7) is 1.77. The highest BCUT2D eigenvalue weighted by molar-refractivity contribution is 7.98. The molecule has 70 valence electrons. The van der Waals surface area contributed by atoms with Crippen molar-refractivity contribution >= 4 is 17.5 Å². The molecule has 0 aliphatic rings. The maximum absolute atomic E-state index is 12.9. The van der Waals surface area contributed by atoms with Crippen LogP contribution >= 0.6 is 11.8 Å². The summed E-state index contributed by atoms with van der Waals surface area (Å²) >= 11 is 1.43. The maximum Gasteiger partial charge on any atom is 0.162 e. The van der Waals surface area contributed by atoms with E-state index in [1.165, 1.54) is 23.9 Å². The maximum atomic E-state index is 12.9. The highest BCUT2D eigenvalue weighted by Crippen LogP contribution is 2.19. The van der Waals surface area contributed by atoms with Gasteiger partial charge in [-0.2, -0.15) is 0 Å². The molecule has 1 aromatic rings. The second kappa shape index (κ2) is 4.42. The Morgan fingerprint density at radius 1 is 1.46 bits per heavy atom. The number of carbonyl (C=O) groups excluding carboxylic acids is 1. The fourth-order valence-electron chi connectivity index (χ4n) is 1.05. The van der Waals surface area contributed by atoms with E-state index in [-0.39, 0.29) is 11.6 Å². The SMILES string of the molecule is CCC(=O)c1cc(F)cc(SC)c1. The standard InChI is InChI=1S/C10H11FOS/c1-3-10(12)7-4-8(11)6-9(5-7)13-2/h4-6H,3H2,1-2H3. The van der Waals surface area contributed by atoms with E-state index >= 15 is 0 Å². The first-order valence-electron chi connectivity index (χ1n) is 4.05. The number of carbonyl (C=O) groups is 1. The predicted octanol–water partition coefficient (Wildman–Crippen LogP) is 3.14. The molecular weight excluding hydrogens is 187 g/mol. The Morgan fingerprint density at radius 3 is 2.69 bits per heavy atom. The van der Waals surface area contributed by atoms with Gasteiger partial charge in [0.25, 0.3) is 0 Å². The zero-order valence-corrected chi connectivity index (χ0v) is 8.45. The second-order valence-corrected chi connectivity index (χ2v) is 3.54. The van der Waals surface area contributed by atoms with E-state index in [1.54, 1.807) is 13.0 Å². The van der Waals surface area contributed by atoms with Crippen molar-refractivity contribution in [3.63, 3.8) is 0 Å². The van der Waals surface area contributed by atoms with Gasteiger partial charge in [-0.25, -0.2) is 4.39 Å². The zero-order chi connectivity index (χ0) is 9.84. The van der Waals surface area contributed by atoms with Crippen molar-refractivity contribution in [2.75, 3.05) is 6.26 Å². The van der Waals surface area contributed by atoms with Gasteiger partial charge in [0.1, 0.15) is 5.82 Å². The number of hydrogen-bond donors (Lipinski definition) is 0. The van der Waals surface area contributed by atoms with Crippen molar-refractivity contribution < 1.29 is 9.18 Å². The van der Waals surface area contributed by atoms with Crippen molar-refractivity contribution in [3.8, 4) is 0 Å². The lowest BCUT2D eigenvalue weighted by molar-refractivity contribution is 0.0987. The van der Waals surface area contributed by atoms with Crippen LogP contribution in [0, 0.1) is 5.82 Å². The van der Waals surface area contributed by atoms with Gasteiger partial charge in [0.2, 0.25) is 0 Å². The van der Waals surface area contributed by atoms with Crippen LogP contribution in [0.2, 0.25) is 0 Å². The summed E-state index contributed by atoms with van der Waals surface area (Å²) in [5.74, 6) is -0.363. The smallest absolute Gasteiger partial charge is 0.162 e. The van der Waals surface area contributed by atoms with E-state index in [9.17, 15) is 9.18 Å². The normalized spacial score (nSPS) is 10.1. The minimum absolute atomic E-state index is 0.0187. The van der Waals surface area contributed by atoms with Gasteiger partial charge in [-0.3, -0.25) is 4.79 Å². The van der Waals surface area contributed by atoms with E-state index < -0.39 is 0 Å². The van der Waals surface area contributed by atoms with Crippen molar-refractivity contribution in [2.24, 2.45) is 0 Å². The van der Waals surface area contributed by atoms with E-state index in [0.29, 0.717) is 12.0 Å². The number of benzene rings is 1. The Morgan fingerprint density at radius 2 is 2.15 bits per heavy atom. The molecule has 0 saturated heterocycles. The topological polar surface area (TPSA) is 17.1 Å². The molecule has 0 bridgehead atoms. The van der Waals surface area contributed by atoms with Gasteiger partial charge in [-0.1, -0.05) is 6.92 Å². The van der Waals surface area contributed by atoms with Gasteiger partial charge in [0.05, 0.1) is 0 Å². The first kappa shape index (κ1) is 10.3. The lowest BCUT2D eigenvalue weighted by Crippen LogP contribution is -1.97. The molecule has 0 N–H and O–H groups in total. The van der Waals surface area contributed by atoms with Crippen molar-refractivity contribution in [1.82, 2.24) is 0 Å². The first-order chi connectivity index (χ1) is 6.17. The van der Waals surface area contributed by atoms with E-state index in [4.69, 9.17) is 0 Å². The minimum Gasteiger partial charge on any atom is -0.294 e. The number of hydrogen-bond acceptors (Lipinski definition) is 2. The predicted molar refractivity (Wildman–Crippen MR) is 52.8 cm³/mol. The van der Waals surface area contributed by atoms with Crippen LogP contribution in [0.5, 0.6) is 0 Å². The molecule has 0 heterocycles. The first-order valence-corrected chi connectivity index (χ1v) is 5.27. The molecule has 3 heteroatoms. The Bertz CT molecular complexity index is 323. The molecule has 0 aliphatic heterocycles. The molecule has 0 aromatic heterocycles. The molecule has 0 spiro atoms. The molecule has 0 radical (unpaired) electrons. The van der Waals surface area contributed by atoms with E-state index in [2.05, 4.69) is 0 Å². The van der Waals surface area contributed by atoms with Crippen molar-refractivity contribution in [1.29, 1.82) is 0 Å². The summed E-state index contributed by atoms with van der Waals surface area (Å²) in [6.07, 6.45) is 2.27. The number of thioether (sulfide) groups is 1. The summed E-state index contributed by atoms with van der Waals surface area (Å²) in [5.41, 5.74) is 0.465.